The van der Waals surface area contributed by atoms with Crippen LogP contribution in [0.2, 0.25) is 0 Å². The summed E-state index contributed by atoms with van der Waals surface area (Å²) >= 11 is 3.56. The number of nitrogens with zero attached hydrogens (tertiary/aromatic N) is 3. The van der Waals surface area contributed by atoms with Gasteiger partial charge in [0.1, 0.15) is 0 Å². The van der Waals surface area contributed by atoms with E-state index in [2.05, 4.69) is 64.5 Å². The second-order valence-electron chi connectivity index (χ2n) is 4.63. The Hall–Kier alpha value is -1.20. The molecule has 1 aromatic heterocycles. The molecule has 0 saturated heterocycles. The highest BCUT2D eigenvalue weighted by Gasteiger charge is 2.09. The van der Waals surface area contributed by atoms with Crippen molar-refractivity contribution >= 4 is 15.9 Å². The van der Waals surface area contributed by atoms with Gasteiger partial charge in [-0.15, -0.1) is 5.10 Å². The second-order valence-corrected chi connectivity index (χ2v) is 5.48. The Balaban J connectivity index is 2.33. The summed E-state index contributed by atoms with van der Waals surface area (Å²) in [6.45, 7) is 7.07. The molecule has 0 radical (unpaired) electrons. The van der Waals surface area contributed by atoms with Crippen LogP contribution in [0, 0.1) is 6.92 Å². The van der Waals surface area contributed by atoms with E-state index in [-0.39, 0.29) is 0 Å². The van der Waals surface area contributed by atoms with E-state index in [0.717, 1.165) is 22.4 Å². The molecular formula is C13H17BrN4. The third-order valence-electron chi connectivity index (χ3n) is 2.64. The lowest BCUT2D eigenvalue weighted by molar-refractivity contribution is 0.570. The number of aromatic nitrogens is 3. The maximum Gasteiger partial charge on any atom is 0.0811 e. The first kappa shape index (κ1) is 13.2. The molecule has 0 aliphatic heterocycles. The Kier molecular flexibility index (Phi) is 4.14. The third kappa shape index (κ3) is 2.97. The van der Waals surface area contributed by atoms with E-state index in [1.807, 2.05) is 10.7 Å². The molecule has 0 aliphatic rings. The van der Waals surface area contributed by atoms with Crippen LogP contribution in [0.4, 0.5) is 0 Å². The normalized spacial score (nSPS) is 11.2. The van der Waals surface area contributed by atoms with Crippen molar-refractivity contribution in [3.8, 4) is 5.69 Å². The highest BCUT2D eigenvalue weighted by molar-refractivity contribution is 9.10. The van der Waals surface area contributed by atoms with Gasteiger partial charge >= 0.3 is 0 Å². The fourth-order valence-corrected chi connectivity index (χ4v) is 2.09. The maximum absolute atomic E-state index is 4.16. The molecule has 1 heterocycles. The summed E-state index contributed by atoms with van der Waals surface area (Å²) in [6.07, 6.45) is 1.80. The average molecular weight is 309 g/mol. The first-order valence-electron chi connectivity index (χ1n) is 5.97. The molecule has 0 fully saturated rings. The van der Waals surface area contributed by atoms with Gasteiger partial charge in [0.05, 0.1) is 17.6 Å². The molecule has 0 aliphatic carbocycles. The Bertz CT molecular complexity index is 534. The van der Waals surface area contributed by atoms with E-state index in [0.29, 0.717) is 6.04 Å². The largest absolute Gasteiger partial charge is 0.309 e. The summed E-state index contributed by atoms with van der Waals surface area (Å²) in [4.78, 5) is 0. The molecule has 0 spiro atoms. The molecule has 0 saturated carbocycles. The number of hydrogen-bond acceptors (Lipinski definition) is 3. The summed E-state index contributed by atoms with van der Waals surface area (Å²) in [5.74, 6) is 0. The Morgan fingerprint density at radius 1 is 1.39 bits per heavy atom. The number of halogens is 1. The van der Waals surface area contributed by atoms with Crippen LogP contribution in [-0.4, -0.2) is 21.0 Å². The summed E-state index contributed by atoms with van der Waals surface area (Å²) in [7, 11) is 0. The topological polar surface area (TPSA) is 42.7 Å². The molecule has 18 heavy (non-hydrogen) atoms. The first-order valence-corrected chi connectivity index (χ1v) is 6.76. The Morgan fingerprint density at radius 2 is 2.17 bits per heavy atom. The van der Waals surface area contributed by atoms with E-state index in [4.69, 9.17) is 0 Å². The van der Waals surface area contributed by atoms with Gasteiger partial charge in [-0.1, -0.05) is 25.1 Å². The van der Waals surface area contributed by atoms with Crippen LogP contribution in [0.15, 0.2) is 28.9 Å². The van der Waals surface area contributed by atoms with Gasteiger partial charge < -0.3 is 5.32 Å². The van der Waals surface area contributed by atoms with Gasteiger partial charge in [0.15, 0.2) is 0 Å². The van der Waals surface area contributed by atoms with Crippen LogP contribution in [0.5, 0.6) is 0 Å². The molecule has 2 rings (SSSR count). The second kappa shape index (κ2) is 5.63. The number of hydrogen-bond donors (Lipinski definition) is 1. The molecular weight excluding hydrogens is 292 g/mol. The highest BCUT2D eigenvalue weighted by Crippen LogP contribution is 2.22. The van der Waals surface area contributed by atoms with Gasteiger partial charge in [0.25, 0.3) is 0 Å². The van der Waals surface area contributed by atoms with E-state index < -0.39 is 0 Å². The molecule has 4 nitrogen and oxygen atoms in total. The summed E-state index contributed by atoms with van der Waals surface area (Å²) in [5.41, 5.74) is 3.27. The minimum Gasteiger partial charge on any atom is -0.309 e. The number of aryl methyl sites for hydroxylation is 1. The van der Waals surface area contributed by atoms with Crippen LogP contribution in [0.25, 0.3) is 5.69 Å². The lowest BCUT2D eigenvalue weighted by atomic mass is 10.2. The van der Waals surface area contributed by atoms with Crippen LogP contribution < -0.4 is 5.32 Å². The van der Waals surface area contributed by atoms with Crippen molar-refractivity contribution in [3.05, 3.63) is 40.1 Å². The molecule has 0 amide bonds. The summed E-state index contributed by atoms with van der Waals surface area (Å²) < 4.78 is 2.89. The predicted molar refractivity (Wildman–Crippen MR) is 75.8 cm³/mol. The van der Waals surface area contributed by atoms with Gasteiger partial charge in [-0.3, -0.25) is 0 Å². The zero-order valence-corrected chi connectivity index (χ0v) is 12.4. The summed E-state index contributed by atoms with van der Waals surface area (Å²) in [6, 6.07) is 6.63. The van der Waals surface area contributed by atoms with Crippen molar-refractivity contribution < 1.29 is 0 Å². The van der Waals surface area contributed by atoms with Gasteiger partial charge in [-0.05, 0) is 40.5 Å². The molecule has 0 atom stereocenters. The maximum atomic E-state index is 4.16. The van der Waals surface area contributed by atoms with Crippen molar-refractivity contribution in [1.82, 2.24) is 20.3 Å². The molecule has 0 unspecified atom stereocenters. The van der Waals surface area contributed by atoms with Gasteiger partial charge in [-0.2, -0.15) is 0 Å². The van der Waals surface area contributed by atoms with Gasteiger partial charge in [0, 0.05) is 17.1 Å². The predicted octanol–water partition coefficient (Wildman–Crippen LogP) is 2.84. The number of benzene rings is 1. The van der Waals surface area contributed by atoms with Crippen LogP contribution in [-0.2, 0) is 6.54 Å². The van der Waals surface area contributed by atoms with Gasteiger partial charge in [-0.25, -0.2) is 4.68 Å². The zero-order valence-electron chi connectivity index (χ0n) is 10.8. The quantitative estimate of drug-likeness (QED) is 0.944. The third-order valence-corrected chi connectivity index (χ3v) is 3.31. The lowest BCUT2D eigenvalue weighted by Gasteiger charge is -2.11. The minimum atomic E-state index is 0.439. The Labute approximate surface area is 116 Å². The van der Waals surface area contributed by atoms with Crippen LogP contribution in [0.3, 0.4) is 0 Å². The van der Waals surface area contributed by atoms with E-state index in [9.17, 15) is 0 Å². The van der Waals surface area contributed by atoms with Crippen molar-refractivity contribution in [2.24, 2.45) is 0 Å². The fourth-order valence-electron chi connectivity index (χ4n) is 1.67. The van der Waals surface area contributed by atoms with Crippen molar-refractivity contribution in [1.29, 1.82) is 0 Å². The molecule has 96 valence electrons. The number of nitrogens with one attached hydrogen (secondary N) is 1. The smallest absolute Gasteiger partial charge is 0.0811 e. The van der Waals surface area contributed by atoms with Crippen molar-refractivity contribution in [2.45, 2.75) is 33.4 Å². The molecule has 5 heteroatoms. The summed E-state index contributed by atoms with van der Waals surface area (Å²) in [5, 5.41) is 11.5. The van der Waals surface area contributed by atoms with E-state index >= 15 is 0 Å². The molecule has 2 aromatic rings. The van der Waals surface area contributed by atoms with Crippen LogP contribution in [0.1, 0.15) is 25.1 Å². The monoisotopic (exact) mass is 308 g/mol. The minimum absolute atomic E-state index is 0.439. The molecule has 0 bridgehead atoms. The van der Waals surface area contributed by atoms with E-state index in [1.165, 1.54) is 5.56 Å². The van der Waals surface area contributed by atoms with E-state index in [1.54, 1.807) is 6.20 Å². The average Bonchev–Trinajstić information content (AvgIpc) is 2.77. The Morgan fingerprint density at radius 3 is 2.89 bits per heavy atom. The lowest BCUT2D eigenvalue weighted by Crippen LogP contribution is -2.23. The van der Waals surface area contributed by atoms with Crippen LogP contribution >= 0.6 is 15.9 Å². The first-order chi connectivity index (χ1) is 8.58. The van der Waals surface area contributed by atoms with Gasteiger partial charge in [0.2, 0.25) is 0 Å². The SMILES string of the molecule is Cc1ccc(Br)c(-n2nncc2CNC(C)C)c1. The fraction of sp³-hybridized carbons (Fsp3) is 0.385. The highest BCUT2D eigenvalue weighted by atomic mass is 79.9. The van der Waals surface area contributed by atoms with Crippen molar-refractivity contribution in [3.63, 3.8) is 0 Å². The molecule has 1 N–H and O–H groups in total. The standard InChI is InChI=1S/C13H17BrN4/c1-9(2)15-7-11-8-16-17-18(11)13-6-10(3)4-5-12(13)14/h4-6,8-9,15H,7H2,1-3H3. The van der Waals surface area contributed by atoms with Crippen molar-refractivity contribution in [2.75, 3.05) is 0 Å². The molecule has 1 aromatic carbocycles. The zero-order chi connectivity index (χ0) is 13.1. The number of rotatable bonds is 4.